The molecule has 0 radical (unpaired) electrons. The summed E-state index contributed by atoms with van der Waals surface area (Å²) in [5.41, 5.74) is 1.82. The summed E-state index contributed by atoms with van der Waals surface area (Å²) in [5.74, 6) is 0.588. The summed E-state index contributed by atoms with van der Waals surface area (Å²) in [6, 6.07) is 7.63. The molecule has 0 aromatic heterocycles. The van der Waals surface area contributed by atoms with Gasteiger partial charge in [-0.25, -0.2) is 0 Å². The Bertz CT molecular complexity index is 479. The summed E-state index contributed by atoms with van der Waals surface area (Å²) < 4.78 is 0. The van der Waals surface area contributed by atoms with Crippen LogP contribution in [0.4, 0.5) is 5.69 Å². The molecule has 1 aromatic carbocycles. The van der Waals surface area contributed by atoms with Crippen molar-refractivity contribution in [1.82, 2.24) is 4.90 Å². The molecule has 5 heteroatoms. The third-order valence-electron chi connectivity index (χ3n) is 3.58. The lowest BCUT2D eigenvalue weighted by Crippen LogP contribution is -2.48. The maximum Gasteiger partial charge on any atom is 0.223 e. The molecule has 4 nitrogen and oxygen atoms in total. The number of anilines is 1. The molecule has 1 amide bonds. The molecular weight excluding hydrogens is 276 g/mol. The molecule has 1 fully saturated rings. The molecule has 108 valence electrons. The zero-order valence-electron chi connectivity index (χ0n) is 11.6. The fraction of sp³-hybridized carbons (Fsp3) is 0.467. The molecule has 1 heterocycles. The maximum absolute atomic E-state index is 11.7. The summed E-state index contributed by atoms with van der Waals surface area (Å²) in [7, 11) is 0. The van der Waals surface area contributed by atoms with E-state index in [4.69, 9.17) is 11.6 Å². The summed E-state index contributed by atoms with van der Waals surface area (Å²) in [4.78, 5) is 27.1. The molecule has 1 aliphatic rings. The fourth-order valence-electron chi connectivity index (χ4n) is 2.36. The van der Waals surface area contributed by atoms with Gasteiger partial charge in [-0.1, -0.05) is 0 Å². The van der Waals surface area contributed by atoms with E-state index in [1.54, 1.807) is 6.92 Å². The van der Waals surface area contributed by atoms with Crippen LogP contribution in [0.5, 0.6) is 0 Å². The Morgan fingerprint density at radius 1 is 1.10 bits per heavy atom. The van der Waals surface area contributed by atoms with E-state index in [1.165, 1.54) is 0 Å². The number of Topliss-reactive ketones (excluding diaryl/α,β-unsaturated/α-hetero) is 1. The van der Waals surface area contributed by atoms with Gasteiger partial charge in [-0.05, 0) is 31.2 Å². The fourth-order valence-corrected chi connectivity index (χ4v) is 2.52. The van der Waals surface area contributed by atoms with Crippen LogP contribution in [0.1, 0.15) is 23.7 Å². The second-order valence-electron chi connectivity index (χ2n) is 4.91. The third kappa shape index (κ3) is 3.51. The SMILES string of the molecule is CC(=O)c1ccc(N2CCN(C(=O)CCCl)CC2)cc1. The van der Waals surface area contributed by atoms with Crippen LogP contribution in [0.25, 0.3) is 0 Å². The van der Waals surface area contributed by atoms with Gasteiger partial charge in [0.05, 0.1) is 0 Å². The van der Waals surface area contributed by atoms with Crippen molar-refractivity contribution in [2.75, 3.05) is 37.0 Å². The Morgan fingerprint density at radius 3 is 2.20 bits per heavy atom. The van der Waals surface area contributed by atoms with Gasteiger partial charge < -0.3 is 9.80 Å². The first-order valence-corrected chi connectivity index (χ1v) is 7.35. The van der Waals surface area contributed by atoms with E-state index in [-0.39, 0.29) is 11.7 Å². The Balaban J connectivity index is 1.93. The summed E-state index contributed by atoms with van der Waals surface area (Å²) in [6.45, 7) is 4.64. The van der Waals surface area contributed by atoms with E-state index >= 15 is 0 Å². The van der Waals surface area contributed by atoms with E-state index in [1.807, 2.05) is 29.2 Å². The Hall–Kier alpha value is -1.55. The number of carbonyl (C=O) groups is 2. The average molecular weight is 295 g/mol. The van der Waals surface area contributed by atoms with Crippen molar-refractivity contribution in [2.45, 2.75) is 13.3 Å². The smallest absolute Gasteiger partial charge is 0.223 e. The Morgan fingerprint density at radius 2 is 1.70 bits per heavy atom. The average Bonchev–Trinajstić information content (AvgIpc) is 2.48. The van der Waals surface area contributed by atoms with Crippen LogP contribution < -0.4 is 4.90 Å². The highest BCUT2D eigenvalue weighted by atomic mass is 35.5. The van der Waals surface area contributed by atoms with Crippen LogP contribution in [-0.4, -0.2) is 48.6 Å². The van der Waals surface area contributed by atoms with Crippen molar-refractivity contribution in [3.63, 3.8) is 0 Å². The zero-order valence-corrected chi connectivity index (χ0v) is 12.4. The highest BCUT2D eigenvalue weighted by Gasteiger charge is 2.20. The van der Waals surface area contributed by atoms with Gasteiger partial charge in [0.2, 0.25) is 5.91 Å². The number of piperazine rings is 1. The lowest BCUT2D eigenvalue weighted by Gasteiger charge is -2.36. The maximum atomic E-state index is 11.7. The first kappa shape index (κ1) is 14.9. The number of benzene rings is 1. The number of hydrogen-bond acceptors (Lipinski definition) is 3. The van der Waals surface area contributed by atoms with Gasteiger partial charge in [0.1, 0.15) is 0 Å². The number of amides is 1. The van der Waals surface area contributed by atoms with E-state index in [2.05, 4.69) is 4.90 Å². The molecule has 0 unspecified atom stereocenters. The molecule has 0 spiro atoms. The van der Waals surface area contributed by atoms with E-state index in [0.29, 0.717) is 12.3 Å². The van der Waals surface area contributed by atoms with Gasteiger partial charge >= 0.3 is 0 Å². The number of halogens is 1. The number of ketones is 1. The summed E-state index contributed by atoms with van der Waals surface area (Å²) in [6.07, 6.45) is 0.412. The second-order valence-corrected chi connectivity index (χ2v) is 5.29. The van der Waals surface area contributed by atoms with Crippen molar-refractivity contribution < 1.29 is 9.59 Å². The molecule has 20 heavy (non-hydrogen) atoms. The summed E-state index contributed by atoms with van der Waals surface area (Å²) >= 11 is 5.60. The minimum Gasteiger partial charge on any atom is -0.368 e. The van der Waals surface area contributed by atoms with Crippen molar-refractivity contribution in [3.8, 4) is 0 Å². The lowest BCUT2D eigenvalue weighted by molar-refractivity contribution is -0.131. The van der Waals surface area contributed by atoms with Gasteiger partial charge in [-0.3, -0.25) is 9.59 Å². The quantitative estimate of drug-likeness (QED) is 0.631. The molecule has 0 bridgehead atoms. The van der Waals surface area contributed by atoms with Gasteiger partial charge in [0.25, 0.3) is 0 Å². The summed E-state index contributed by atoms with van der Waals surface area (Å²) in [5, 5.41) is 0. The van der Waals surface area contributed by atoms with E-state index in [9.17, 15) is 9.59 Å². The van der Waals surface area contributed by atoms with Crippen LogP contribution in [0.15, 0.2) is 24.3 Å². The Labute approximate surface area is 124 Å². The van der Waals surface area contributed by atoms with Crippen molar-refractivity contribution in [1.29, 1.82) is 0 Å². The number of nitrogens with zero attached hydrogens (tertiary/aromatic N) is 2. The topological polar surface area (TPSA) is 40.6 Å². The molecule has 0 atom stereocenters. The second kappa shape index (κ2) is 6.75. The molecule has 0 aliphatic carbocycles. The van der Waals surface area contributed by atoms with Crippen molar-refractivity contribution >= 4 is 29.0 Å². The van der Waals surface area contributed by atoms with Crippen LogP contribution in [-0.2, 0) is 4.79 Å². The van der Waals surface area contributed by atoms with Gasteiger partial charge in [0.15, 0.2) is 5.78 Å². The van der Waals surface area contributed by atoms with E-state index in [0.717, 1.165) is 37.4 Å². The predicted octanol–water partition coefficient (Wildman–Crippen LogP) is 2.17. The number of carbonyl (C=O) groups excluding carboxylic acids is 2. The minimum absolute atomic E-state index is 0.0769. The zero-order chi connectivity index (χ0) is 14.5. The lowest BCUT2D eigenvalue weighted by atomic mass is 10.1. The molecule has 2 rings (SSSR count). The first-order valence-electron chi connectivity index (χ1n) is 6.81. The predicted molar refractivity (Wildman–Crippen MR) is 80.6 cm³/mol. The van der Waals surface area contributed by atoms with E-state index < -0.39 is 0 Å². The van der Waals surface area contributed by atoms with Crippen LogP contribution in [0.2, 0.25) is 0 Å². The van der Waals surface area contributed by atoms with Crippen LogP contribution in [0.3, 0.4) is 0 Å². The Kier molecular flexibility index (Phi) is 5.01. The largest absolute Gasteiger partial charge is 0.368 e. The van der Waals surface area contributed by atoms with Gasteiger partial charge in [-0.15, -0.1) is 11.6 Å². The number of rotatable bonds is 4. The van der Waals surface area contributed by atoms with Gasteiger partial charge in [0, 0.05) is 49.7 Å². The third-order valence-corrected chi connectivity index (χ3v) is 3.77. The van der Waals surface area contributed by atoms with Crippen molar-refractivity contribution in [2.24, 2.45) is 0 Å². The minimum atomic E-state index is 0.0769. The van der Waals surface area contributed by atoms with Gasteiger partial charge in [-0.2, -0.15) is 0 Å². The molecule has 1 aliphatic heterocycles. The number of hydrogen-bond donors (Lipinski definition) is 0. The number of alkyl halides is 1. The standard InChI is InChI=1S/C15H19ClN2O2/c1-12(19)13-2-4-14(5-3-13)17-8-10-18(11-9-17)15(20)6-7-16/h2-5H,6-11H2,1H3. The molecule has 1 saturated heterocycles. The van der Waals surface area contributed by atoms with Crippen LogP contribution in [0, 0.1) is 0 Å². The van der Waals surface area contributed by atoms with Crippen LogP contribution >= 0.6 is 11.6 Å². The normalized spacial score (nSPS) is 15.3. The molecule has 0 saturated carbocycles. The molecule has 1 aromatic rings. The highest BCUT2D eigenvalue weighted by molar-refractivity contribution is 6.18. The molecular formula is C15H19ClN2O2. The van der Waals surface area contributed by atoms with Crippen molar-refractivity contribution in [3.05, 3.63) is 29.8 Å². The first-order chi connectivity index (χ1) is 9.61. The monoisotopic (exact) mass is 294 g/mol. The highest BCUT2D eigenvalue weighted by Crippen LogP contribution is 2.18. The molecule has 0 N–H and O–H groups in total.